The zero-order valence-corrected chi connectivity index (χ0v) is 23.2. The van der Waals surface area contributed by atoms with E-state index >= 15 is 0 Å². The highest BCUT2D eigenvalue weighted by Gasteiger charge is 2.16. The van der Waals surface area contributed by atoms with Gasteiger partial charge in [-0.05, 0) is 48.7 Å². The number of amides is 1. The van der Waals surface area contributed by atoms with E-state index in [-0.39, 0.29) is 5.57 Å². The number of benzene rings is 2. The molecular formula is C28H30BrN3O3S. The summed E-state index contributed by atoms with van der Waals surface area (Å²) < 4.78 is 12.3. The van der Waals surface area contributed by atoms with Gasteiger partial charge in [-0.25, -0.2) is 4.98 Å². The second-order valence-corrected chi connectivity index (χ2v) is 10.1. The van der Waals surface area contributed by atoms with Crippen LogP contribution in [0.25, 0.3) is 17.3 Å². The minimum Gasteiger partial charge on any atom is -0.493 e. The van der Waals surface area contributed by atoms with Gasteiger partial charge >= 0.3 is 0 Å². The zero-order valence-electron chi connectivity index (χ0n) is 20.8. The molecule has 3 rings (SSSR count). The topological polar surface area (TPSA) is 84.2 Å². The van der Waals surface area contributed by atoms with Crippen LogP contribution in [0.1, 0.15) is 50.0 Å². The number of nitriles is 1. The molecule has 0 spiro atoms. The average Bonchev–Trinajstić information content (AvgIpc) is 3.30. The molecule has 0 radical (unpaired) electrons. The molecule has 0 aliphatic rings. The van der Waals surface area contributed by atoms with Crippen molar-refractivity contribution in [3.63, 3.8) is 0 Å². The van der Waals surface area contributed by atoms with Gasteiger partial charge in [0.1, 0.15) is 11.6 Å². The number of aryl methyl sites for hydroxylation is 1. The summed E-state index contributed by atoms with van der Waals surface area (Å²) in [6, 6.07) is 15.2. The van der Waals surface area contributed by atoms with Crippen LogP contribution in [0.15, 0.2) is 52.5 Å². The smallest absolute Gasteiger partial charge is 0.268 e. The number of ether oxygens (including phenoxy) is 2. The van der Waals surface area contributed by atoms with Gasteiger partial charge in [0.2, 0.25) is 0 Å². The highest BCUT2D eigenvalue weighted by atomic mass is 79.9. The van der Waals surface area contributed by atoms with Crippen LogP contribution in [0.2, 0.25) is 0 Å². The Morgan fingerprint density at radius 3 is 2.58 bits per heavy atom. The number of aromatic nitrogens is 1. The number of anilines is 1. The Labute approximate surface area is 225 Å². The monoisotopic (exact) mass is 567 g/mol. The fourth-order valence-corrected chi connectivity index (χ4v) is 4.74. The molecule has 0 bridgehead atoms. The number of rotatable bonds is 12. The number of thiazole rings is 1. The van der Waals surface area contributed by atoms with Crippen molar-refractivity contribution in [3.05, 3.63) is 63.0 Å². The number of nitrogens with one attached hydrogen (secondary N) is 1. The normalized spacial score (nSPS) is 11.1. The molecular weight excluding hydrogens is 538 g/mol. The standard InChI is InChI=1S/C28H30BrN3O3S/c1-4-6-7-8-15-35-23-14-9-19(17-24(23)34-3)16-21(18-30)27(33)32-28-31-26(25(5-2)36-28)20-10-12-22(29)13-11-20/h9-14,16-17H,4-8,15H2,1-3H3,(H,31,32,33)/b21-16+. The molecule has 1 heterocycles. The summed E-state index contributed by atoms with van der Waals surface area (Å²) in [6.45, 7) is 4.84. The minimum atomic E-state index is -0.508. The first-order valence-electron chi connectivity index (χ1n) is 12.0. The molecule has 6 nitrogen and oxygen atoms in total. The number of nitrogens with zero attached hydrogens (tertiary/aromatic N) is 2. The lowest BCUT2D eigenvalue weighted by molar-refractivity contribution is -0.112. The van der Waals surface area contributed by atoms with Crippen molar-refractivity contribution >= 4 is 44.4 Å². The molecule has 2 aromatic carbocycles. The van der Waals surface area contributed by atoms with Crippen LogP contribution in [0, 0.1) is 11.3 Å². The molecule has 0 aliphatic carbocycles. The fraction of sp³-hybridized carbons (Fsp3) is 0.321. The summed E-state index contributed by atoms with van der Waals surface area (Å²) in [5, 5.41) is 12.9. The summed E-state index contributed by atoms with van der Waals surface area (Å²) >= 11 is 4.86. The number of carbonyl (C=O) groups is 1. The number of halogens is 1. The van der Waals surface area contributed by atoms with Crippen molar-refractivity contribution in [1.29, 1.82) is 5.26 Å². The third-order valence-corrected chi connectivity index (χ3v) is 7.12. The Morgan fingerprint density at radius 2 is 1.92 bits per heavy atom. The fourth-order valence-electron chi connectivity index (χ4n) is 3.56. The largest absolute Gasteiger partial charge is 0.493 e. The van der Waals surface area contributed by atoms with Crippen molar-refractivity contribution in [1.82, 2.24) is 4.98 Å². The lowest BCUT2D eigenvalue weighted by atomic mass is 10.1. The third-order valence-electron chi connectivity index (χ3n) is 5.48. The van der Waals surface area contributed by atoms with Crippen molar-refractivity contribution in [2.75, 3.05) is 19.0 Å². The second-order valence-electron chi connectivity index (χ2n) is 8.09. The summed E-state index contributed by atoms with van der Waals surface area (Å²) in [4.78, 5) is 18.6. The Hall–Kier alpha value is -3.15. The predicted octanol–water partition coefficient (Wildman–Crippen LogP) is 7.65. The maximum Gasteiger partial charge on any atom is 0.268 e. The van der Waals surface area contributed by atoms with Crippen LogP contribution < -0.4 is 14.8 Å². The van der Waals surface area contributed by atoms with Gasteiger partial charge in [0.25, 0.3) is 5.91 Å². The van der Waals surface area contributed by atoms with Gasteiger partial charge in [-0.15, -0.1) is 11.3 Å². The zero-order chi connectivity index (χ0) is 25.9. The van der Waals surface area contributed by atoms with Gasteiger partial charge < -0.3 is 9.47 Å². The van der Waals surface area contributed by atoms with Crippen molar-refractivity contribution in [2.45, 2.75) is 46.0 Å². The molecule has 0 atom stereocenters. The molecule has 0 fully saturated rings. The van der Waals surface area contributed by atoms with E-state index in [9.17, 15) is 10.1 Å². The van der Waals surface area contributed by atoms with Crippen LogP contribution in [0.4, 0.5) is 5.13 Å². The van der Waals surface area contributed by atoms with Gasteiger partial charge in [0, 0.05) is 14.9 Å². The lowest BCUT2D eigenvalue weighted by Gasteiger charge is -2.11. The molecule has 1 aromatic heterocycles. The minimum absolute atomic E-state index is 0.0243. The van der Waals surface area contributed by atoms with Gasteiger partial charge in [0.05, 0.1) is 19.4 Å². The molecule has 0 unspecified atom stereocenters. The van der Waals surface area contributed by atoms with Crippen LogP contribution >= 0.6 is 27.3 Å². The number of methoxy groups -OCH3 is 1. The van der Waals surface area contributed by atoms with E-state index in [0.717, 1.165) is 39.9 Å². The Morgan fingerprint density at radius 1 is 1.14 bits per heavy atom. The molecule has 1 amide bonds. The third kappa shape index (κ3) is 7.42. The van der Waals surface area contributed by atoms with E-state index in [0.29, 0.717) is 28.8 Å². The summed E-state index contributed by atoms with van der Waals surface area (Å²) in [5.74, 6) is 0.694. The van der Waals surface area contributed by atoms with E-state index in [2.05, 4.69) is 33.2 Å². The molecule has 3 aromatic rings. The summed E-state index contributed by atoms with van der Waals surface area (Å²) in [5.41, 5.74) is 2.45. The molecule has 0 saturated heterocycles. The maximum absolute atomic E-state index is 12.9. The number of hydrogen-bond donors (Lipinski definition) is 1. The predicted molar refractivity (Wildman–Crippen MR) is 149 cm³/mol. The van der Waals surface area contributed by atoms with Gasteiger partial charge in [0.15, 0.2) is 16.6 Å². The van der Waals surface area contributed by atoms with E-state index in [1.807, 2.05) is 37.3 Å². The Balaban J connectivity index is 1.74. The summed E-state index contributed by atoms with van der Waals surface area (Å²) in [7, 11) is 1.57. The number of hydrogen-bond acceptors (Lipinski definition) is 6. The van der Waals surface area contributed by atoms with Crippen LogP contribution in [0.5, 0.6) is 11.5 Å². The molecule has 188 valence electrons. The summed E-state index contributed by atoms with van der Waals surface area (Å²) in [6.07, 6.45) is 6.80. The van der Waals surface area contributed by atoms with E-state index in [1.54, 1.807) is 25.3 Å². The van der Waals surface area contributed by atoms with Gasteiger partial charge in [-0.1, -0.05) is 67.2 Å². The Kier molecular flexibility index (Phi) is 10.5. The first kappa shape index (κ1) is 27.4. The number of unbranched alkanes of at least 4 members (excludes halogenated alkanes) is 3. The molecule has 0 saturated carbocycles. The van der Waals surface area contributed by atoms with Crippen LogP contribution in [-0.2, 0) is 11.2 Å². The molecule has 8 heteroatoms. The van der Waals surface area contributed by atoms with Crippen LogP contribution in [0.3, 0.4) is 0 Å². The first-order valence-corrected chi connectivity index (χ1v) is 13.6. The maximum atomic E-state index is 12.9. The second kappa shape index (κ2) is 13.8. The highest BCUT2D eigenvalue weighted by molar-refractivity contribution is 9.10. The van der Waals surface area contributed by atoms with Crippen molar-refractivity contribution < 1.29 is 14.3 Å². The molecule has 1 N–H and O–H groups in total. The Bertz CT molecular complexity index is 1250. The SMILES string of the molecule is CCCCCCOc1ccc(/C=C(\C#N)C(=O)Nc2nc(-c3ccc(Br)cc3)c(CC)s2)cc1OC. The lowest BCUT2D eigenvalue weighted by Crippen LogP contribution is -2.13. The quantitative estimate of drug-likeness (QED) is 0.138. The number of carbonyl (C=O) groups excluding carboxylic acids is 1. The van der Waals surface area contributed by atoms with Gasteiger partial charge in [-0.2, -0.15) is 5.26 Å². The molecule has 0 aliphatic heterocycles. The van der Waals surface area contributed by atoms with Crippen molar-refractivity contribution in [3.8, 4) is 28.8 Å². The average molecular weight is 569 g/mol. The van der Waals surface area contributed by atoms with E-state index in [4.69, 9.17) is 9.47 Å². The first-order chi connectivity index (χ1) is 17.5. The van der Waals surface area contributed by atoms with Crippen molar-refractivity contribution in [2.24, 2.45) is 0 Å². The van der Waals surface area contributed by atoms with E-state index in [1.165, 1.54) is 30.3 Å². The van der Waals surface area contributed by atoms with Gasteiger partial charge in [-0.3, -0.25) is 10.1 Å². The molecule has 36 heavy (non-hydrogen) atoms. The van der Waals surface area contributed by atoms with Crippen LogP contribution in [-0.4, -0.2) is 24.6 Å². The van der Waals surface area contributed by atoms with E-state index < -0.39 is 5.91 Å². The highest BCUT2D eigenvalue weighted by Crippen LogP contribution is 2.33.